The van der Waals surface area contributed by atoms with Gasteiger partial charge in [0.1, 0.15) is 5.82 Å². The summed E-state index contributed by atoms with van der Waals surface area (Å²) in [6, 6.07) is 17.7. The van der Waals surface area contributed by atoms with Gasteiger partial charge in [-0.05, 0) is 48.2 Å². The average molecular weight is 361 g/mol. The van der Waals surface area contributed by atoms with E-state index in [4.69, 9.17) is 0 Å². The topological polar surface area (TPSA) is 71.0 Å². The van der Waals surface area contributed by atoms with E-state index in [0.717, 1.165) is 24.9 Å². The summed E-state index contributed by atoms with van der Waals surface area (Å²) in [4.78, 5) is 18.1. The number of hydrogen-bond acceptors (Lipinski definition) is 5. The molecule has 0 saturated carbocycles. The first-order valence-corrected chi connectivity index (χ1v) is 8.98. The van der Waals surface area contributed by atoms with Gasteiger partial charge in [0.15, 0.2) is 5.69 Å². The van der Waals surface area contributed by atoms with Crippen LogP contribution in [0.4, 0.5) is 5.82 Å². The molecule has 1 amide bonds. The van der Waals surface area contributed by atoms with Gasteiger partial charge < -0.3 is 10.2 Å². The molecule has 138 valence electrons. The minimum atomic E-state index is -0.132. The maximum atomic E-state index is 12.5. The lowest BCUT2D eigenvalue weighted by atomic mass is 10.1. The maximum Gasteiger partial charge on any atom is 0.274 e. The SMILES string of the molecule is CN(CCc1ccncc1)C(=O)c1ccc(NCCc2ccccc2)nn1. The molecule has 1 N–H and O–H groups in total. The van der Waals surface area contributed by atoms with E-state index >= 15 is 0 Å². The monoisotopic (exact) mass is 361 g/mol. The Kier molecular flexibility index (Phi) is 6.46. The molecule has 3 rings (SSSR count). The van der Waals surface area contributed by atoms with Crippen molar-refractivity contribution in [3.63, 3.8) is 0 Å². The molecule has 6 heteroatoms. The molecule has 0 radical (unpaired) electrons. The van der Waals surface area contributed by atoms with Crippen LogP contribution in [-0.2, 0) is 12.8 Å². The van der Waals surface area contributed by atoms with Gasteiger partial charge in [-0.3, -0.25) is 9.78 Å². The first-order chi connectivity index (χ1) is 13.2. The molecule has 6 nitrogen and oxygen atoms in total. The van der Waals surface area contributed by atoms with Crippen molar-refractivity contribution in [3.8, 4) is 0 Å². The number of likely N-dealkylation sites (N-methyl/N-ethyl adjacent to an activating group) is 1. The van der Waals surface area contributed by atoms with Gasteiger partial charge >= 0.3 is 0 Å². The zero-order valence-electron chi connectivity index (χ0n) is 15.4. The lowest BCUT2D eigenvalue weighted by Gasteiger charge is -2.16. The molecule has 2 heterocycles. The third kappa shape index (κ3) is 5.60. The van der Waals surface area contributed by atoms with Crippen molar-refractivity contribution >= 4 is 11.7 Å². The number of benzene rings is 1. The largest absolute Gasteiger partial charge is 0.368 e. The van der Waals surface area contributed by atoms with E-state index in [1.807, 2.05) is 30.3 Å². The van der Waals surface area contributed by atoms with Gasteiger partial charge in [0.2, 0.25) is 0 Å². The summed E-state index contributed by atoms with van der Waals surface area (Å²) in [6.07, 6.45) is 5.19. The van der Waals surface area contributed by atoms with Crippen LogP contribution in [0.1, 0.15) is 21.6 Å². The molecule has 0 unspecified atom stereocenters. The number of nitrogens with one attached hydrogen (secondary N) is 1. The average Bonchev–Trinajstić information content (AvgIpc) is 2.73. The normalized spacial score (nSPS) is 10.4. The maximum absolute atomic E-state index is 12.5. The molecule has 2 aromatic heterocycles. The summed E-state index contributed by atoms with van der Waals surface area (Å²) in [5.41, 5.74) is 2.76. The quantitative estimate of drug-likeness (QED) is 0.668. The third-order valence-corrected chi connectivity index (χ3v) is 4.28. The van der Waals surface area contributed by atoms with Crippen LogP contribution >= 0.6 is 0 Å². The standard InChI is InChI=1S/C21H23N5O/c1-26(16-12-18-9-13-22-14-10-18)21(27)19-7-8-20(25-24-19)23-15-11-17-5-3-2-4-6-17/h2-10,13-14H,11-12,15-16H2,1H3,(H,23,25). The van der Waals surface area contributed by atoms with Gasteiger partial charge in [-0.25, -0.2) is 0 Å². The zero-order valence-corrected chi connectivity index (χ0v) is 15.4. The fourth-order valence-electron chi connectivity index (χ4n) is 2.66. The number of rotatable bonds is 8. The van der Waals surface area contributed by atoms with Crippen molar-refractivity contribution in [2.75, 3.05) is 25.5 Å². The van der Waals surface area contributed by atoms with Gasteiger partial charge in [0, 0.05) is 32.5 Å². The highest BCUT2D eigenvalue weighted by molar-refractivity contribution is 5.92. The van der Waals surface area contributed by atoms with E-state index < -0.39 is 0 Å². The van der Waals surface area contributed by atoms with Crippen molar-refractivity contribution in [2.24, 2.45) is 0 Å². The minimum Gasteiger partial charge on any atom is -0.368 e. The molecule has 0 aliphatic carbocycles. The molecule has 0 saturated heterocycles. The van der Waals surface area contributed by atoms with Gasteiger partial charge in [-0.2, -0.15) is 0 Å². The Labute approximate surface area is 159 Å². The Bertz CT molecular complexity index is 837. The Morgan fingerprint density at radius 1 is 0.926 bits per heavy atom. The van der Waals surface area contributed by atoms with Crippen LogP contribution in [0.5, 0.6) is 0 Å². The summed E-state index contributed by atoms with van der Waals surface area (Å²) in [5.74, 6) is 0.536. The second-order valence-corrected chi connectivity index (χ2v) is 6.30. The number of carbonyl (C=O) groups is 1. The Balaban J connectivity index is 1.47. The second-order valence-electron chi connectivity index (χ2n) is 6.30. The molecule has 0 aliphatic rings. The summed E-state index contributed by atoms with van der Waals surface area (Å²) < 4.78 is 0. The van der Waals surface area contributed by atoms with E-state index in [1.165, 1.54) is 5.56 Å². The molecule has 0 fully saturated rings. The van der Waals surface area contributed by atoms with Crippen LogP contribution in [0.2, 0.25) is 0 Å². The molecule has 27 heavy (non-hydrogen) atoms. The summed E-state index contributed by atoms with van der Waals surface area (Å²) >= 11 is 0. The second kappa shape index (κ2) is 9.43. The molecule has 0 atom stereocenters. The number of nitrogens with zero attached hydrogens (tertiary/aromatic N) is 4. The van der Waals surface area contributed by atoms with Crippen molar-refractivity contribution in [1.29, 1.82) is 0 Å². The van der Waals surface area contributed by atoms with E-state index in [9.17, 15) is 4.79 Å². The number of aromatic nitrogens is 3. The first kappa shape index (κ1) is 18.5. The minimum absolute atomic E-state index is 0.132. The van der Waals surface area contributed by atoms with E-state index in [2.05, 4.69) is 32.6 Å². The van der Waals surface area contributed by atoms with E-state index in [1.54, 1.807) is 36.5 Å². The highest BCUT2D eigenvalue weighted by Gasteiger charge is 2.13. The Morgan fingerprint density at radius 2 is 1.67 bits per heavy atom. The van der Waals surface area contributed by atoms with Crippen LogP contribution in [0, 0.1) is 0 Å². The van der Waals surface area contributed by atoms with Crippen LogP contribution in [0.25, 0.3) is 0 Å². The van der Waals surface area contributed by atoms with Gasteiger partial charge in [-0.15, -0.1) is 10.2 Å². The van der Waals surface area contributed by atoms with Crippen molar-refractivity contribution in [3.05, 3.63) is 83.8 Å². The number of amides is 1. The highest BCUT2D eigenvalue weighted by atomic mass is 16.2. The summed E-state index contributed by atoms with van der Waals surface area (Å²) in [6.45, 7) is 1.37. The van der Waals surface area contributed by atoms with Crippen molar-refractivity contribution in [2.45, 2.75) is 12.8 Å². The van der Waals surface area contributed by atoms with Gasteiger partial charge in [0.25, 0.3) is 5.91 Å². The lowest BCUT2D eigenvalue weighted by Crippen LogP contribution is -2.29. The predicted octanol–water partition coefficient (Wildman–Crippen LogP) is 2.84. The first-order valence-electron chi connectivity index (χ1n) is 8.98. The third-order valence-electron chi connectivity index (χ3n) is 4.28. The van der Waals surface area contributed by atoms with E-state index in [-0.39, 0.29) is 5.91 Å². The van der Waals surface area contributed by atoms with Crippen LogP contribution in [-0.4, -0.2) is 46.1 Å². The molecule has 0 bridgehead atoms. The smallest absolute Gasteiger partial charge is 0.274 e. The molecule has 0 spiro atoms. The summed E-state index contributed by atoms with van der Waals surface area (Å²) in [7, 11) is 1.78. The number of carbonyl (C=O) groups excluding carboxylic acids is 1. The Morgan fingerprint density at radius 3 is 2.37 bits per heavy atom. The van der Waals surface area contributed by atoms with Crippen LogP contribution < -0.4 is 5.32 Å². The van der Waals surface area contributed by atoms with Crippen molar-refractivity contribution < 1.29 is 4.79 Å². The van der Waals surface area contributed by atoms with Crippen LogP contribution in [0.3, 0.4) is 0 Å². The van der Waals surface area contributed by atoms with Crippen LogP contribution in [0.15, 0.2) is 67.0 Å². The fraction of sp³-hybridized carbons (Fsp3) is 0.238. The number of pyridine rings is 1. The Hall–Kier alpha value is -3.28. The molecular formula is C21H23N5O. The van der Waals surface area contributed by atoms with Gasteiger partial charge in [-0.1, -0.05) is 30.3 Å². The molecule has 3 aromatic rings. The summed E-state index contributed by atoms with van der Waals surface area (Å²) in [5, 5.41) is 11.4. The molecular weight excluding hydrogens is 338 g/mol. The van der Waals surface area contributed by atoms with E-state index in [0.29, 0.717) is 18.1 Å². The van der Waals surface area contributed by atoms with Crippen molar-refractivity contribution in [1.82, 2.24) is 20.1 Å². The fourth-order valence-corrected chi connectivity index (χ4v) is 2.66. The zero-order chi connectivity index (χ0) is 18.9. The highest BCUT2D eigenvalue weighted by Crippen LogP contribution is 2.07. The molecule has 0 aliphatic heterocycles. The lowest BCUT2D eigenvalue weighted by molar-refractivity contribution is 0.0789. The molecule has 1 aromatic carbocycles. The number of anilines is 1. The predicted molar refractivity (Wildman–Crippen MR) is 106 cm³/mol. The number of hydrogen-bond donors (Lipinski definition) is 1. The van der Waals surface area contributed by atoms with Gasteiger partial charge in [0.05, 0.1) is 0 Å².